The van der Waals surface area contributed by atoms with Gasteiger partial charge in [-0.3, -0.25) is 4.79 Å². The van der Waals surface area contributed by atoms with E-state index in [0.717, 1.165) is 24.5 Å². The predicted molar refractivity (Wildman–Crippen MR) is 96.7 cm³/mol. The number of ether oxygens (including phenoxy) is 1. The molecular formula is C19H22FN3O2. The highest BCUT2D eigenvalue weighted by molar-refractivity contribution is 5.81. The summed E-state index contributed by atoms with van der Waals surface area (Å²) in [5.74, 6) is 0.461. The Kier molecular flexibility index (Phi) is 5.38. The Labute approximate surface area is 147 Å². The van der Waals surface area contributed by atoms with Crippen molar-refractivity contribution in [1.29, 1.82) is 0 Å². The van der Waals surface area contributed by atoms with Crippen molar-refractivity contribution in [1.82, 2.24) is 4.90 Å². The number of carbonyl (C=O) groups is 1. The normalized spacial score (nSPS) is 14.3. The van der Waals surface area contributed by atoms with Crippen molar-refractivity contribution in [3.8, 4) is 5.75 Å². The Bertz CT molecular complexity index is 730. The minimum absolute atomic E-state index is 0.0251. The number of rotatable bonds is 5. The van der Waals surface area contributed by atoms with Gasteiger partial charge < -0.3 is 19.9 Å². The number of benzene rings is 2. The second-order valence-electron chi connectivity index (χ2n) is 5.87. The minimum Gasteiger partial charge on any atom is -0.495 e. The van der Waals surface area contributed by atoms with Crippen LogP contribution in [0, 0.1) is 5.82 Å². The summed E-state index contributed by atoms with van der Waals surface area (Å²) in [4.78, 5) is 16.4. The van der Waals surface area contributed by atoms with Crippen molar-refractivity contribution in [2.45, 2.75) is 0 Å². The first-order chi connectivity index (χ1) is 12.2. The molecule has 132 valence electrons. The number of methoxy groups -OCH3 is 1. The minimum atomic E-state index is -0.351. The maximum Gasteiger partial charge on any atom is 0.241 e. The van der Waals surface area contributed by atoms with Gasteiger partial charge in [-0.1, -0.05) is 24.3 Å². The summed E-state index contributed by atoms with van der Waals surface area (Å²) in [5, 5.41) is 2.87. The van der Waals surface area contributed by atoms with Gasteiger partial charge in [0.2, 0.25) is 5.91 Å². The summed E-state index contributed by atoms with van der Waals surface area (Å²) in [5.41, 5.74) is 1.39. The molecular weight excluding hydrogens is 321 g/mol. The lowest BCUT2D eigenvalue weighted by molar-refractivity contribution is -0.129. The summed E-state index contributed by atoms with van der Waals surface area (Å²) < 4.78 is 19.0. The van der Waals surface area contributed by atoms with Crippen molar-refractivity contribution >= 4 is 17.3 Å². The molecule has 3 rings (SSSR count). The fourth-order valence-electron chi connectivity index (χ4n) is 2.97. The number of nitrogens with one attached hydrogen (secondary N) is 1. The molecule has 2 aromatic rings. The second kappa shape index (κ2) is 7.88. The monoisotopic (exact) mass is 343 g/mol. The first-order valence-corrected chi connectivity index (χ1v) is 8.33. The Hall–Kier alpha value is -2.76. The van der Waals surface area contributed by atoms with Gasteiger partial charge in [0.15, 0.2) is 0 Å². The molecule has 0 radical (unpaired) electrons. The fraction of sp³-hybridized carbons (Fsp3) is 0.316. The van der Waals surface area contributed by atoms with Gasteiger partial charge in [0.25, 0.3) is 0 Å². The first-order valence-electron chi connectivity index (χ1n) is 8.33. The summed E-state index contributed by atoms with van der Waals surface area (Å²) in [6.07, 6.45) is 0. The molecule has 0 saturated carbocycles. The van der Waals surface area contributed by atoms with E-state index in [-0.39, 0.29) is 18.3 Å². The van der Waals surface area contributed by atoms with Crippen LogP contribution in [0.15, 0.2) is 48.5 Å². The second-order valence-corrected chi connectivity index (χ2v) is 5.87. The third kappa shape index (κ3) is 4.02. The zero-order chi connectivity index (χ0) is 17.6. The van der Waals surface area contributed by atoms with E-state index in [0.29, 0.717) is 18.8 Å². The number of para-hydroxylation sites is 3. The molecule has 0 bridgehead atoms. The molecule has 0 spiro atoms. The highest BCUT2D eigenvalue weighted by Gasteiger charge is 2.22. The number of carbonyl (C=O) groups excluding carboxylic acids is 1. The van der Waals surface area contributed by atoms with E-state index >= 15 is 0 Å². The van der Waals surface area contributed by atoms with Crippen LogP contribution in [0.5, 0.6) is 5.75 Å². The third-order valence-electron chi connectivity index (χ3n) is 4.36. The van der Waals surface area contributed by atoms with Crippen molar-refractivity contribution in [3.63, 3.8) is 0 Å². The lowest BCUT2D eigenvalue weighted by atomic mass is 10.2. The van der Waals surface area contributed by atoms with Crippen LogP contribution < -0.4 is 15.0 Å². The SMILES string of the molecule is COc1ccccc1N1CCN(C(=O)CNc2ccccc2F)CC1. The smallest absolute Gasteiger partial charge is 0.241 e. The Morgan fingerprint density at radius 1 is 1.08 bits per heavy atom. The molecule has 1 aliphatic rings. The Morgan fingerprint density at radius 3 is 2.48 bits per heavy atom. The van der Waals surface area contributed by atoms with Crippen LogP contribution in [0.25, 0.3) is 0 Å². The number of hydrogen-bond donors (Lipinski definition) is 1. The van der Waals surface area contributed by atoms with Crippen molar-refractivity contribution < 1.29 is 13.9 Å². The molecule has 1 heterocycles. The third-order valence-corrected chi connectivity index (χ3v) is 4.36. The first kappa shape index (κ1) is 17.1. The highest BCUT2D eigenvalue weighted by Crippen LogP contribution is 2.28. The van der Waals surface area contributed by atoms with E-state index in [1.165, 1.54) is 6.07 Å². The van der Waals surface area contributed by atoms with Gasteiger partial charge in [-0.05, 0) is 24.3 Å². The molecule has 0 aliphatic carbocycles. The van der Waals surface area contributed by atoms with Crippen molar-refractivity contribution in [2.24, 2.45) is 0 Å². The van der Waals surface area contributed by atoms with Gasteiger partial charge in [0.1, 0.15) is 11.6 Å². The Balaban J connectivity index is 1.53. The topological polar surface area (TPSA) is 44.8 Å². The predicted octanol–water partition coefficient (Wildman–Crippen LogP) is 2.60. The van der Waals surface area contributed by atoms with E-state index in [2.05, 4.69) is 10.2 Å². The van der Waals surface area contributed by atoms with E-state index in [4.69, 9.17) is 4.74 Å². The average molecular weight is 343 g/mol. The maximum atomic E-state index is 13.6. The highest BCUT2D eigenvalue weighted by atomic mass is 19.1. The zero-order valence-electron chi connectivity index (χ0n) is 14.2. The van der Waals surface area contributed by atoms with E-state index in [1.807, 2.05) is 24.3 Å². The lowest BCUT2D eigenvalue weighted by Gasteiger charge is -2.36. The van der Waals surface area contributed by atoms with Gasteiger partial charge in [-0.2, -0.15) is 0 Å². The molecule has 25 heavy (non-hydrogen) atoms. The maximum absolute atomic E-state index is 13.6. The largest absolute Gasteiger partial charge is 0.495 e. The van der Waals surface area contributed by atoms with Gasteiger partial charge in [0, 0.05) is 26.2 Å². The van der Waals surface area contributed by atoms with Crippen LogP contribution in [-0.2, 0) is 4.79 Å². The van der Waals surface area contributed by atoms with Gasteiger partial charge in [-0.25, -0.2) is 4.39 Å². The summed E-state index contributed by atoms with van der Waals surface area (Å²) in [7, 11) is 1.66. The zero-order valence-corrected chi connectivity index (χ0v) is 14.2. The van der Waals surface area contributed by atoms with Gasteiger partial charge in [-0.15, -0.1) is 0 Å². The van der Waals surface area contributed by atoms with E-state index in [9.17, 15) is 9.18 Å². The van der Waals surface area contributed by atoms with Crippen molar-refractivity contribution in [2.75, 3.05) is 50.1 Å². The fourth-order valence-corrected chi connectivity index (χ4v) is 2.97. The molecule has 1 fully saturated rings. The average Bonchev–Trinajstić information content (AvgIpc) is 2.67. The van der Waals surface area contributed by atoms with Crippen LogP contribution in [0.1, 0.15) is 0 Å². The van der Waals surface area contributed by atoms with Crippen LogP contribution in [0.2, 0.25) is 0 Å². The summed E-state index contributed by atoms with van der Waals surface area (Å²) in [6, 6.07) is 14.2. The number of anilines is 2. The number of nitrogens with zero attached hydrogens (tertiary/aromatic N) is 2. The number of hydrogen-bond acceptors (Lipinski definition) is 4. The molecule has 2 aromatic carbocycles. The molecule has 1 N–H and O–H groups in total. The van der Waals surface area contributed by atoms with Crippen molar-refractivity contribution in [3.05, 3.63) is 54.3 Å². The van der Waals surface area contributed by atoms with Crippen LogP contribution >= 0.6 is 0 Å². The van der Waals surface area contributed by atoms with Gasteiger partial charge in [0.05, 0.1) is 25.0 Å². The summed E-state index contributed by atoms with van der Waals surface area (Å²) >= 11 is 0. The van der Waals surface area contributed by atoms with Crippen LogP contribution in [-0.4, -0.2) is 50.6 Å². The number of amides is 1. The Morgan fingerprint density at radius 2 is 1.76 bits per heavy atom. The lowest BCUT2D eigenvalue weighted by Crippen LogP contribution is -2.50. The molecule has 1 amide bonds. The quantitative estimate of drug-likeness (QED) is 0.906. The van der Waals surface area contributed by atoms with E-state index < -0.39 is 0 Å². The molecule has 1 saturated heterocycles. The van der Waals surface area contributed by atoms with E-state index in [1.54, 1.807) is 30.2 Å². The van der Waals surface area contributed by atoms with Crippen LogP contribution in [0.3, 0.4) is 0 Å². The molecule has 0 unspecified atom stereocenters. The molecule has 0 atom stereocenters. The number of piperazine rings is 1. The van der Waals surface area contributed by atoms with Crippen LogP contribution in [0.4, 0.5) is 15.8 Å². The standard InChI is InChI=1S/C19H22FN3O2/c1-25-18-9-5-4-8-17(18)22-10-12-23(13-11-22)19(24)14-21-16-7-3-2-6-15(16)20/h2-9,21H,10-14H2,1H3. The molecule has 6 heteroatoms. The number of halogens is 1. The molecule has 1 aliphatic heterocycles. The van der Waals surface area contributed by atoms with Gasteiger partial charge >= 0.3 is 0 Å². The molecule has 0 aromatic heterocycles. The molecule has 5 nitrogen and oxygen atoms in total. The summed E-state index contributed by atoms with van der Waals surface area (Å²) in [6.45, 7) is 2.85.